The minimum atomic E-state index is -4.82. The third kappa shape index (κ3) is 48.7. The number of carbonyl (C=O) groups is 2. The first-order valence-electron chi connectivity index (χ1n) is 23.9. The van der Waals surface area contributed by atoms with E-state index in [1.54, 1.807) is 12.2 Å². The van der Waals surface area contributed by atoms with Crippen LogP contribution in [0.5, 0.6) is 0 Å². The number of hydrogen-bond donors (Lipinski definition) is 5. The molecule has 0 rings (SSSR count). The van der Waals surface area contributed by atoms with Crippen LogP contribution in [0.2, 0.25) is 0 Å². The summed E-state index contributed by atoms with van der Waals surface area (Å²) < 4.78 is 52.8. The summed E-state index contributed by atoms with van der Waals surface area (Å²) in [5, 5.41) is 30.0. The van der Waals surface area contributed by atoms with Gasteiger partial charge in [-0.3, -0.25) is 27.7 Å². The summed E-state index contributed by atoms with van der Waals surface area (Å²) >= 11 is 0. The molecule has 0 aromatic carbocycles. The highest BCUT2D eigenvalue weighted by atomic mass is 31.2. The molecule has 0 aliphatic rings. The molecule has 5 unspecified atom stereocenters. The predicted molar refractivity (Wildman–Crippen MR) is 278 cm³/mol. The van der Waals surface area contributed by atoms with Crippen molar-refractivity contribution in [2.45, 2.75) is 122 Å². The Bertz CT molecular complexity index is 1850. The second-order valence-corrected chi connectivity index (χ2v) is 18.1. The first-order valence-corrected chi connectivity index (χ1v) is 26.9. The lowest BCUT2D eigenvalue weighted by molar-refractivity contribution is -0.147. The molecule has 17 heteroatoms. The van der Waals surface area contributed by atoms with Crippen LogP contribution in [0.15, 0.2) is 158 Å². The number of carbonyl (C=O) groups excluding carboxylic acids is 2. The summed E-state index contributed by atoms with van der Waals surface area (Å²) in [5.74, 6) is -1.18. The van der Waals surface area contributed by atoms with Gasteiger partial charge in [0.25, 0.3) is 0 Å². The van der Waals surface area contributed by atoms with E-state index in [9.17, 15) is 43.8 Å². The first kappa shape index (κ1) is 65.7. The van der Waals surface area contributed by atoms with Gasteiger partial charge in [0.2, 0.25) is 0 Å². The van der Waals surface area contributed by atoms with Gasteiger partial charge in [-0.05, 0) is 70.6 Å². The summed E-state index contributed by atoms with van der Waals surface area (Å²) in [4.78, 5) is 43.7. The highest BCUT2D eigenvalue weighted by Gasteiger charge is 2.28. The quantitative estimate of drug-likeness (QED) is 0.0126. The van der Waals surface area contributed by atoms with Crippen LogP contribution in [0.1, 0.15) is 104 Å². The number of phosphoric ester groups is 2. The van der Waals surface area contributed by atoms with Crippen molar-refractivity contribution in [3.8, 4) is 0 Å². The van der Waals surface area contributed by atoms with Crippen molar-refractivity contribution in [3.05, 3.63) is 158 Å². The zero-order valence-electron chi connectivity index (χ0n) is 41.1. The molecule has 392 valence electrons. The van der Waals surface area contributed by atoms with Gasteiger partial charge in [-0.1, -0.05) is 178 Å². The van der Waals surface area contributed by atoms with Crippen LogP contribution in [-0.4, -0.2) is 95.0 Å². The van der Waals surface area contributed by atoms with Crippen LogP contribution in [0.4, 0.5) is 0 Å². The van der Waals surface area contributed by atoms with E-state index in [0.717, 1.165) is 64.2 Å². The molecule has 0 fully saturated rings. The SMILES string of the molecule is CC\C=C/C=C/C=C/C=C\C=C\C=C\CCCCCC(=O)OCC(O)COP(=O)(O)OCC(O)COP(=O)(O)OCC(O)COC(=O)C/C=C\C/C=C\C/C=C\C/C=C\C/C=C\C/C=C\C/C=C\CC. The standard InChI is InChI=1S/C53H80O15P2/c1-3-5-7-9-11-13-15-17-19-21-22-23-24-26-28-30-32-34-36-38-40-42-53(58)64-44-50(55)46-66-70(61,62)68-48-51(56)47-67-69(59,60)65-45-49(54)43-63-52(57)41-39-37-35-33-31-29-27-25-20-18-16-14-12-10-8-6-4-2/h5-8,10-14,16-20,22-23,25-29,31-32,34,38,40,49-51,54-56H,3-4,9,15,21,24,30,33,35-37,39,41-48H2,1-2H3,(H,59,60)(H,61,62)/b7-5-,8-6-,12-10+,13-11-,16-14+,19-17-,20-18-,23-22-,27-25+,28-26-,31-29+,34-32-,40-38-. The minimum Gasteiger partial charge on any atom is -0.463 e. The lowest BCUT2D eigenvalue weighted by atomic mass is 10.1. The van der Waals surface area contributed by atoms with Crippen molar-refractivity contribution < 1.29 is 71.4 Å². The lowest BCUT2D eigenvalue weighted by Gasteiger charge is -2.19. The van der Waals surface area contributed by atoms with E-state index >= 15 is 0 Å². The Kier molecular flexibility index (Phi) is 44.1. The minimum absolute atomic E-state index is 0.0487. The Labute approximate surface area is 417 Å². The third-order valence-corrected chi connectivity index (χ3v) is 10.6. The summed E-state index contributed by atoms with van der Waals surface area (Å²) in [7, 11) is -9.64. The van der Waals surface area contributed by atoms with Crippen molar-refractivity contribution >= 4 is 27.6 Å². The average molecular weight is 1020 g/mol. The molecule has 0 amide bonds. The van der Waals surface area contributed by atoms with Gasteiger partial charge in [0, 0.05) is 6.42 Å². The molecule has 15 nitrogen and oxygen atoms in total. The molecule has 0 saturated carbocycles. The topological polar surface area (TPSA) is 225 Å². The largest absolute Gasteiger partial charge is 0.472 e. The maximum Gasteiger partial charge on any atom is 0.472 e. The van der Waals surface area contributed by atoms with Gasteiger partial charge in [-0.15, -0.1) is 0 Å². The first-order chi connectivity index (χ1) is 33.8. The Morgan fingerprint density at radius 1 is 0.400 bits per heavy atom. The molecule has 0 radical (unpaired) electrons. The zero-order valence-corrected chi connectivity index (χ0v) is 42.9. The van der Waals surface area contributed by atoms with Crippen molar-refractivity contribution in [2.75, 3.05) is 39.6 Å². The van der Waals surface area contributed by atoms with Crippen LogP contribution in [0.3, 0.4) is 0 Å². The smallest absolute Gasteiger partial charge is 0.463 e. The van der Waals surface area contributed by atoms with Crippen LogP contribution in [-0.2, 0) is 46.3 Å². The molecule has 0 bridgehead atoms. The van der Waals surface area contributed by atoms with Crippen molar-refractivity contribution in [1.82, 2.24) is 0 Å². The molecular formula is C53H80O15P2. The van der Waals surface area contributed by atoms with Gasteiger partial charge >= 0.3 is 27.6 Å². The van der Waals surface area contributed by atoms with Gasteiger partial charge < -0.3 is 34.6 Å². The number of ether oxygens (including phenoxy) is 2. The van der Waals surface area contributed by atoms with Crippen LogP contribution in [0.25, 0.3) is 0 Å². The van der Waals surface area contributed by atoms with E-state index in [-0.39, 0.29) is 12.8 Å². The van der Waals surface area contributed by atoms with Crippen molar-refractivity contribution in [2.24, 2.45) is 0 Å². The fourth-order valence-electron chi connectivity index (χ4n) is 5.03. The van der Waals surface area contributed by atoms with E-state index in [2.05, 4.69) is 98.8 Å². The third-order valence-electron chi connectivity index (χ3n) is 8.67. The molecule has 0 aliphatic carbocycles. The van der Waals surface area contributed by atoms with E-state index < -0.39 is 85.5 Å². The predicted octanol–water partition coefficient (Wildman–Crippen LogP) is 11.2. The van der Waals surface area contributed by atoms with Crippen molar-refractivity contribution in [3.63, 3.8) is 0 Å². The van der Waals surface area contributed by atoms with E-state index in [0.29, 0.717) is 12.8 Å². The number of rotatable bonds is 43. The fourth-order valence-corrected chi connectivity index (χ4v) is 6.62. The van der Waals surface area contributed by atoms with Gasteiger partial charge in [-0.2, -0.15) is 0 Å². The molecule has 0 heterocycles. The van der Waals surface area contributed by atoms with Gasteiger partial charge in [0.15, 0.2) is 0 Å². The molecule has 0 aromatic heterocycles. The fraction of sp³-hybridized carbons (Fsp3) is 0.472. The second kappa shape index (κ2) is 47.0. The molecule has 0 saturated heterocycles. The number of unbranched alkanes of at least 4 members (excludes halogenated alkanes) is 3. The Balaban J connectivity index is 4.07. The molecule has 5 atom stereocenters. The van der Waals surface area contributed by atoms with Gasteiger partial charge in [0.1, 0.15) is 31.5 Å². The Hall–Kier alpha value is -4.34. The zero-order chi connectivity index (χ0) is 51.7. The highest BCUT2D eigenvalue weighted by molar-refractivity contribution is 7.47. The summed E-state index contributed by atoms with van der Waals surface area (Å²) in [6.45, 7) is -0.0719. The number of allylic oxidation sites excluding steroid dienone is 25. The summed E-state index contributed by atoms with van der Waals surface area (Å²) in [6.07, 6.45) is 58.3. The van der Waals surface area contributed by atoms with Crippen LogP contribution in [0, 0.1) is 0 Å². The lowest BCUT2D eigenvalue weighted by Crippen LogP contribution is -2.25. The van der Waals surface area contributed by atoms with E-state index in [4.69, 9.17) is 9.47 Å². The molecule has 0 aromatic rings. The normalized spacial score (nSPS) is 16.3. The second-order valence-electron chi connectivity index (χ2n) is 15.2. The molecule has 0 aliphatic heterocycles. The summed E-state index contributed by atoms with van der Waals surface area (Å²) in [6, 6.07) is 0. The monoisotopic (exact) mass is 1020 g/mol. The number of phosphoric acid groups is 2. The maximum atomic E-state index is 12.2. The van der Waals surface area contributed by atoms with Crippen molar-refractivity contribution in [1.29, 1.82) is 0 Å². The number of hydrogen-bond acceptors (Lipinski definition) is 13. The number of aliphatic hydroxyl groups is 3. The summed E-state index contributed by atoms with van der Waals surface area (Å²) in [5.41, 5.74) is 0. The average Bonchev–Trinajstić information content (AvgIpc) is 3.34. The number of esters is 2. The number of aliphatic hydroxyl groups excluding tert-OH is 3. The Morgan fingerprint density at radius 2 is 0.729 bits per heavy atom. The van der Waals surface area contributed by atoms with Crippen LogP contribution < -0.4 is 0 Å². The van der Waals surface area contributed by atoms with Gasteiger partial charge in [0.05, 0.1) is 32.8 Å². The molecular weight excluding hydrogens is 939 g/mol. The molecule has 70 heavy (non-hydrogen) atoms. The van der Waals surface area contributed by atoms with Crippen LogP contribution >= 0.6 is 15.6 Å². The van der Waals surface area contributed by atoms with E-state index in [1.807, 2.05) is 79.0 Å². The van der Waals surface area contributed by atoms with E-state index in [1.165, 1.54) is 0 Å². The highest BCUT2D eigenvalue weighted by Crippen LogP contribution is 2.45. The molecule has 5 N–H and O–H groups in total. The maximum absolute atomic E-state index is 12.2. The van der Waals surface area contributed by atoms with Gasteiger partial charge in [-0.25, -0.2) is 9.13 Å². The Morgan fingerprint density at radius 3 is 1.13 bits per heavy atom. The molecule has 0 spiro atoms.